The molecule has 72 valence electrons. The molecule has 1 atom stereocenters. The lowest BCUT2D eigenvalue weighted by Gasteiger charge is -2.04. The van der Waals surface area contributed by atoms with Crippen molar-refractivity contribution in [2.45, 2.75) is 13.0 Å². The Morgan fingerprint density at radius 3 is 3.00 bits per heavy atom. The maximum atomic E-state index is 11.0. The number of ether oxygens (including phenoxy) is 1. The predicted octanol–water partition coefficient (Wildman–Crippen LogP) is 0.477. The van der Waals surface area contributed by atoms with Gasteiger partial charge in [-0.05, 0) is 14.0 Å². The minimum Gasteiger partial charge on any atom is -0.464 e. The number of aromatic amines is 1. The molecule has 0 radical (unpaired) electrons. The lowest BCUT2D eigenvalue weighted by atomic mass is 10.3. The van der Waals surface area contributed by atoms with Gasteiger partial charge in [-0.2, -0.15) is 0 Å². The quantitative estimate of drug-likeness (QED) is 0.669. The van der Waals surface area contributed by atoms with Gasteiger partial charge in [0.05, 0.1) is 19.3 Å². The number of aromatic nitrogens is 2. The SMILES string of the molecule is CNC(C)c1ncc(C(=O)OC)[nH]1. The molecule has 0 aliphatic carbocycles. The van der Waals surface area contributed by atoms with E-state index in [1.807, 2.05) is 14.0 Å². The standard InChI is InChI=1S/C8H13N3O2/c1-5(9-2)7-10-4-6(11-7)8(12)13-3/h4-5,9H,1-3H3,(H,10,11). The summed E-state index contributed by atoms with van der Waals surface area (Å²) in [6.07, 6.45) is 1.47. The highest BCUT2D eigenvalue weighted by molar-refractivity contribution is 5.86. The van der Waals surface area contributed by atoms with E-state index >= 15 is 0 Å². The van der Waals surface area contributed by atoms with Crippen molar-refractivity contribution in [1.29, 1.82) is 0 Å². The Labute approximate surface area is 76.5 Å². The highest BCUT2D eigenvalue weighted by Gasteiger charge is 2.12. The van der Waals surface area contributed by atoms with Crippen molar-refractivity contribution >= 4 is 5.97 Å². The minimum absolute atomic E-state index is 0.0957. The summed E-state index contributed by atoms with van der Waals surface area (Å²) in [5, 5.41) is 3.01. The molecule has 1 aromatic rings. The molecule has 1 heterocycles. The molecule has 2 N–H and O–H groups in total. The zero-order valence-electron chi connectivity index (χ0n) is 7.92. The van der Waals surface area contributed by atoms with Gasteiger partial charge in [0.2, 0.25) is 0 Å². The van der Waals surface area contributed by atoms with E-state index in [1.165, 1.54) is 13.3 Å². The molecule has 0 aliphatic rings. The lowest BCUT2D eigenvalue weighted by Crippen LogP contribution is -2.14. The van der Waals surface area contributed by atoms with Crippen LogP contribution in [-0.2, 0) is 4.74 Å². The molecule has 13 heavy (non-hydrogen) atoms. The second kappa shape index (κ2) is 4.04. The van der Waals surface area contributed by atoms with E-state index in [-0.39, 0.29) is 6.04 Å². The number of carbonyl (C=O) groups excluding carboxylic acids is 1. The molecule has 1 unspecified atom stereocenters. The molecule has 5 nitrogen and oxygen atoms in total. The van der Waals surface area contributed by atoms with Crippen LogP contribution in [0, 0.1) is 0 Å². The van der Waals surface area contributed by atoms with Gasteiger partial charge in [-0.25, -0.2) is 9.78 Å². The van der Waals surface area contributed by atoms with E-state index in [1.54, 1.807) is 0 Å². The third kappa shape index (κ3) is 2.06. The Balaban J connectivity index is 2.80. The monoisotopic (exact) mass is 183 g/mol. The zero-order valence-corrected chi connectivity index (χ0v) is 7.92. The first-order valence-corrected chi connectivity index (χ1v) is 3.99. The fraction of sp³-hybridized carbons (Fsp3) is 0.500. The molecule has 1 aromatic heterocycles. The largest absolute Gasteiger partial charge is 0.464 e. The van der Waals surface area contributed by atoms with Gasteiger partial charge in [0, 0.05) is 0 Å². The summed E-state index contributed by atoms with van der Waals surface area (Å²) in [6, 6.07) is 0.0957. The fourth-order valence-electron chi connectivity index (χ4n) is 0.907. The summed E-state index contributed by atoms with van der Waals surface area (Å²) >= 11 is 0. The van der Waals surface area contributed by atoms with Crippen LogP contribution in [0.25, 0.3) is 0 Å². The molecule has 1 rings (SSSR count). The molecule has 0 spiro atoms. The van der Waals surface area contributed by atoms with Crippen molar-refractivity contribution < 1.29 is 9.53 Å². The first-order valence-electron chi connectivity index (χ1n) is 3.99. The molecular formula is C8H13N3O2. The highest BCUT2D eigenvalue weighted by atomic mass is 16.5. The molecule has 0 bridgehead atoms. The first kappa shape index (κ1) is 9.73. The molecule has 0 aliphatic heterocycles. The van der Waals surface area contributed by atoms with E-state index in [0.29, 0.717) is 5.69 Å². The van der Waals surface area contributed by atoms with Crippen LogP contribution >= 0.6 is 0 Å². The normalized spacial score (nSPS) is 12.5. The Kier molecular flexibility index (Phi) is 3.02. The molecular weight excluding hydrogens is 170 g/mol. The second-order valence-corrected chi connectivity index (χ2v) is 2.68. The lowest BCUT2D eigenvalue weighted by molar-refractivity contribution is 0.0594. The van der Waals surface area contributed by atoms with Crippen molar-refractivity contribution in [3.05, 3.63) is 17.7 Å². The van der Waals surface area contributed by atoms with Gasteiger partial charge in [0.1, 0.15) is 11.5 Å². The summed E-state index contributed by atoms with van der Waals surface area (Å²) in [5.74, 6) is 0.324. The number of rotatable bonds is 3. The topological polar surface area (TPSA) is 67.0 Å². The van der Waals surface area contributed by atoms with Crippen molar-refractivity contribution in [2.75, 3.05) is 14.2 Å². The maximum absolute atomic E-state index is 11.0. The zero-order chi connectivity index (χ0) is 9.84. The number of nitrogens with one attached hydrogen (secondary N) is 2. The average molecular weight is 183 g/mol. The first-order chi connectivity index (χ1) is 6.19. The van der Waals surface area contributed by atoms with Crippen LogP contribution in [0.5, 0.6) is 0 Å². The third-order valence-corrected chi connectivity index (χ3v) is 1.84. The van der Waals surface area contributed by atoms with E-state index < -0.39 is 5.97 Å². The number of hydrogen-bond acceptors (Lipinski definition) is 4. The van der Waals surface area contributed by atoms with E-state index in [0.717, 1.165) is 5.82 Å². The smallest absolute Gasteiger partial charge is 0.356 e. The summed E-state index contributed by atoms with van der Waals surface area (Å²) < 4.78 is 4.53. The van der Waals surface area contributed by atoms with Crippen molar-refractivity contribution in [3.63, 3.8) is 0 Å². The van der Waals surface area contributed by atoms with Gasteiger partial charge in [-0.3, -0.25) is 0 Å². The van der Waals surface area contributed by atoms with Crippen LogP contribution in [0.15, 0.2) is 6.20 Å². The maximum Gasteiger partial charge on any atom is 0.356 e. The van der Waals surface area contributed by atoms with Crippen LogP contribution in [0.2, 0.25) is 0 Å². The predicted molar refractivity (Wildman–Crippen MR) is 47.4 cm³/mol. The van der Waals surface area contributed by atoms with Crippen LogP contribution in [0.3, 0.4) is 0 Å². The van der Waals surface area contributed by atoms with E-state index in [4.69, 9.17) is 0 Å². The molecule has 0 saturated carbocycles. The fourth-order valence-corrected chi connectivity index (χ4v) is 0.907. The van der Waals surface area contributed by atoms with Gasteiger partial charge in [0.25, 0.3) is 0 Å². The Morgan fingerprint density at radius 1 is 1.77 bits per heavy atom. The van der Waals surface area contributed by atoms with Crippen molar-refractivity contribution in [1.82, 2.24) is 15.3 Å². The van der Waals surface area contributed by atoms with Crippen LogP contribution in [0.1, 0.15) is 29.3 Å². The van der Waals surface area contributed by atoms with Crippen molar-refractivity contribution in [3.8, 4) is 0 Å². The molecule has 0 amide bonds. The van der Waals surface area contributed by atoms with E-state index in [9.17, 15) is 4.79 Å². The van der Waals surface area contributed by atoms with Crippen LogP contribution < -0.4 is 5.32 Å². The second-order valence-electron chi connectivity index (χ2n) is 2.68. The Bertz CT molecular complexity index is 295. The number of imidazole rings is 1. The van der Waals surface area contributed by atoms with Gasteiger partial charge < -0.3 is 15.0 Å². The van der Waals surface area contributed by atoms with Gasteiger partial charge in [-0.1, -0.05) is 0 Å². The Morgan fingerprint density at radius 2 is 2.46 bits per heavy atom. The van der Waals surface area contributed by atoms with Gasteiger partial charge in [0.15, 0.2) is 0 Å². The number of H-pyrrole nitrogens is 1. The van der Waals surface area contributed by atoms with E-state index in [2.05, 4.69) is 20.0 Å². The molecule has 5 heteroatoms. The summed E-state index contributed by atoms with van der Waals surface area (Å²) in [4.78, 5) is 17.9. The number of hydrogen-bond donors (Lipinski definition) is 2. The highest BCUT2D eigenvalue weighted by Crippen LogP contribution is 2.07. The number of nitrogens with zero attached hydrogens (tertiary/aromatic N) is 1. The number of carbonyl (C=O) groups is 1. The summed E-state index contributed by atoms with van der Waals surface area (Å²) in [5.41, 5.74) is 0.375. The van der Waals surface area contributed by atoms with Gasteiger partial charge >= 0.3 is 5.97 Å². The molecule has 0 fully saturated rings. The van der Waals surface area contributed by atoms with Crippen molar-refractivity contribution in [2.24, 2.45) is 0 Å². The van der Waals surface area contributed by atoms with Gasteiger partial charge in [-0.15, -0.1) is 0 Å². The summed E-state index contributed by atoms with van der Waals surface area (Å²) in [7, 11) is 3.16. The molecule has 0 saturated heterocycles. The minimum atomic E-state index is -0.401. The van der Waals surface area contributed by atoms with Crippen LogP contribution in [-0.4, -0.2) is 30.1 Å². The average Bonchev–Trinajstić information content (AvgIpc) is 2.64. The molecule has 0 aromatic carbocycles. The number of esters is 1. The summed E-state index contributed by atoms with van der Waals surface area (Å²) in [6.45, 7) is 1.94. The Hall–Kier alpha value is -1.36. The third-order valence-electron chi connectivity index (χ3n) is 1.84. The number of methoxy groups -OCH3 is 1. The van der Waals surface area contributed by atoms with Crippen LogP contribution in [0.4, 0.5) is 0 Å².